The summed E-state index contributed by atoms with van der Waals surface area (Å²) < 4.78 is 6.15. The van der Waals surface area contributed by atoms with Crippen LogP contribution in [0.2, 0.25) is 24.7 Å². The predicted octanol–water partition coefficient (Wildman–Crippen LogP) is 3.57. The first-order chi connectivity index (χ1) is 6.52. The normalized spacial score (nSPS) is 44.4. The molecule has 1 heterocycles. The van der Waals surface area contributed by atoms with Crippen molar-refractivity contribution in [2.45, 2.75) is 74.9 Å². The second kappa shape index (κ2) is 2.46. The predicted molar refractivity (Wildman–Crippen MR) is 61.3 cm³/mol. The van der Waals surface area contributed by atoms with E-state index in [1.54, 1.807) is 0 Å². The smallest absolute Gasteiger partial charge is 0.0980 e. The highest BCUT2D eigenvalue weighted by Crippen LogP contribution is 2.77. The molecule has 2 saturated carbocycles. The van der Waals surface area contributed by atoms with E-state index in [4.69, 9.17) is 4.74 Å². The molecule has 2 aliphatic carbocycles. The van der Waals surface area contributed by atoms with Crippen molar-refractivity contribution in [2.24, 2.45) is 0 Å². The molecule has 3 rings (SSSR count). The zero-order valence-corrected chi connectivity index (χ0v) is 10.7. The highest BCUT2D eigenvalue weighted by atomic mass is 28.3. The molecule has 80 valence electrons. The van der Waals surface area contributed by atoms with Crippen LogP contribution in [-0.2, 0) is 4.74 Å². The summed E-state index contributed by atoms with van der Waals surface area (Å²) in [6.45, 7) is 7.63. The third-order valence-electron chi connectivity index (χ3n) is 5.08. The number of rotatable bonds is 2. The lowest BCUT2D eigenvalue weighted by Gasteiger charge is -2.36. The van der Waals surface area contributed by atoms with Crippen LogP contribution in [0.4, 0.5) is 0 Å². The monoisotopic (exact) mass is 210 g/mol. The third kappa shape index (κ3) is 0.942. The fraction of sp³-hybridized carbons (Fsp3) is 1.00. The van der Waals surface area contributed by atoms with E-state index in [-0.39, 0.29) is 0 Å². The van der Waals surface area contributed by atoms with Gasteiger partial charge in [0.15, 0.2) is 0 Å². The summed E-state index contributed by atoms with van der Waals surface area (Å²) in [6, 6.07) is 0. The Labute approximate surface area is 88.2 Å². The van der Waals surface area contributed by atoms with Gasteiger partial charge in [-0.25, -0.2) is 0 Å². The minimum absolute atomic E-state index is 0.399. The lowest BCUT2D eigenvalue weighted by Crippen LogP contribution is -2.42. The van der Waals surface area contributed by atoms with Crippen LogP contribution in [0.3, 0.4) is 0 Å². The van der Waals surface area contributed by atoms with E-state index in [0.717, 1.165) is 0 Å². The van der Waals surface area contributed by atoms with Crippen molar-refractivity contribution < 1.29 is 4.74 Å². The highest BCUT2D eigenvalue weighted by Gasteiger charge is 2.76. The first-order valence-electron chi connectivity index (χ1n) is 6.20. The second-order valence-corrected chi connectivity index (χ2v) is 12.0. The van der Waals surface area contributed by atoms with Crippen LogP contribution < -0.4 is 0 Å². The van der Waals surface area contributed by atoms with Crippen LogP contribution >= 0.6 is 0 Å². The number of hydrogen-bond acceptors (Lipinski definition) is 1. The van der Waals surface area contributed by atoms with Crippen molar-refractivity contribution in [1.29, 1.82) is 0 Å². The Bertz CT molecular complexity index is 264. The summed E-state index contributed by atoms with van der Waals surface area (Å²) in [5, 5.41) is 0.686. The van der Waals surface area contributed by atoms with Gasteiger partial charge < -0.3 is 4.74 Å². The number of hydrogen-bond donors (Lipinski definition) is 0. The van der Waals surface area contributed by atoms with Crippen molar-refractivity contribution in [1.82, 2.24) is 0 Å². The lowest BCUT2D eigenvalue weighted by molar-refractivity contribution is 0.260. The SMILES string of the molecule is C[Si](C)(C)C1([C@]23CCCC[C@@H]2O3)CC1. The summed E-state index contributed by atoms with van der Waals surface area (Å²) in [7, 11) is -1.02. The summed E-state index contributed by atoms with van der Waals surface area (Å²) in [6.07, 6.45) is 9.18. The quantitative estimate of drug-likeness (QED) is 0.501. The van der Waals surface area contributed by atoms with Crippen molar-refractivity contribution in [3.63, 3.8) is 0 Å². The van der Waals surface area contributed by atoms with Gasteiger partial charge in [0.1, 0.15) is 0 Å². The summed E-state index contributed by atoms with van der Waals surface area (Å²) in [5.41, 5.74) is 0.399. The number of ether oxygens (including phenoxy) is 1. The molecule has 2 heteroatoms. The molecule has 1 saturated heterocycles. The topological polar surface area (TPSA) is 12.5 Å². The second-order valence-electron chi connectivity index (χ2n) is 6.57. The third-order valence-corrected chi connectivity index (χ3v) is 8.87. The van der Waals surface area contributed by atoms with E-state index in [0.29, 0.717) is 16.7 Å². The van der Waals surface area contributed by atoms with Gasteiger partial charge in [0.2, 0.25) is 0 Å². The van der Waals surface area contributed by atoms with E-state index < -0.39 is 8.07 Å². The summed E-state index contributed by atoms with van der Waals surface area (Å²) >= 11 is 0. The molecule has 14 heavy (non-hydrogen) atoms. The summed E-state index contributed by atoms with van der Waals surface area (Å²) in [4.78, 5) is 0. The van der Waals surface area contributed by atoms with Gasteiger partial charge >= 0.3 is 0 Å². The molecule has 1 nitrogen and oxygen atoms in total. The van der Waals surface area contributed by atoms with E-state index in [9.17, 15) is 0 Å². The van der Waals surface area contributed by atoms with E-state index in [1.165, 1.54) is 38.5 Å². The Balaban J connectivity index is 1.89. The largest absolute Gasteiger partial charge is 0.366 e. The van der Waals surface area contributed by atoms with E-state index in [2.05, 4.69) is 19.6 Å². The van der Waals surface area contributed by atoms with Gasteiger partial charge in [-0.1, -0.05) is 32.5 Å². The van der Waals surface area contributed by atoms with Crippen LogP contribution in [0.5, 0.6) is 0 Å². The number of fused-ring (bicyclic) bond motifs is 1. The Morgan fingerprint density at radius 1 is 1.07 bits per heavy atom. The van der Waals surface area contributed by atoms with Crippen molar-refractivity contribution in [3.8, 4) is 0 Å². The Hall–Kier alpha value is 0.177. The molecular formula is C12H22OSi. The van der Waals surface area contributed by atoms with Gasteiger partial charge in [-0.05, 0) is 30.7 Å². The average Bonchev–Trinajstić information content (AvgIpc) is 2.97. The molecule has 0 N–H and O–H groups in total. The minimum atomic E-state index is -1.02. The van der Waals surface area contributed by atoms with Crippen molar-refractivity contribution >= 4 is 8.07 Å². The lowest BCUT2D eigenvalue weighted by atomic mass is 9.85. The van der Waals surface area contributed by atoms with Gasteiger partial charge in [-0.2, -0.15) is 0 Å². The van der Waals surface area contributed by atoms with Crippen molar-refractivity contribution in [3.05, 3.63) is 0 Å². The van der Waals surface area contributed by atoms with E-state index >= 15 is 0 Å². The van der Waals surface area contributed by atoms with Crippen molar-refractivity contribution in [2.75, 3.05) is 0 Å². The average molecular weight is 210 g/mol. The zero-order valence-electron chi connectivity index (χ0n) is 9.73. The molecule has 0 radical (unpaired) electrons. The molecular weight excluding hydrogens is 188 g/mol. The Kier molecular flexibility index (Phi) is 1.65. The zero-order chi connectivity index (χ0) is 10.0. The molecule has 0 unspecified atom stereocenters. The van der Waals surface area contributed by atoms with Crippen LogP contribution in [0, 0.1) is 0 Å². The van der Waals surface area contributed by atoms with Gasteiger partial charge in [0.25, 0.3) is 0 Å². The summed E-state index contributed by atoms with van der Waals surface area (Å²) in [5.74, 6) is 0. The van der Waals surface area contributed by atoms with Gasteiger partial charge in [-0.15, -0.1) is 0 Å². The first-order valence-corrected chi connectivity index (χ1v) is 9.70. The molecule has 0 aromatic carbocycles. The molecule has 0 amide bonds. The maximum atomic E-state index is 6.15. The van der Waals surface area contributed by atoms with Crippen LogP contribution in [-0.4, -0.2) is 19.8 Å². The Morgan fingerprint density at radius 2 is 1.79 bits per heavy atom. The van der Waals surface area contributed by atoms with E-state index in [1.807, 2.05) is 0 Å². The standard InChI is InChI=1S/C12H22OSi/c1-14(2,3)11(8-9-11)12-7-5-4-6-10(12)13-12/h10H,4-9H2,1-3H3/t10-,12-/m0/s1. The molecule has 3 fully saturated rings. The molecule has 0 aromatic rings. The maximum Gasteiger partial charge on any atom is 0.0980 e. The molecule has 1 aliphatic heterocycles. The fourth-order valence-electron chi connectivity index (χ4n) is 4.04. The molecule has 0 spiro atoms. The molecule has 0 aromatic heterocycles. The first kappa shape index (κ1) is 9.41. The molecule has 3 aliphatic rings. The molecule has 0 bridgehead atoms. The minimum Gasteiger partial charge on any atom is -0.366 e. The Morgan fingerprint density at radius 3 is 2.29 bits per heavy atom. The number of epoxide rings is 1. The van der Waals surface area contributed by atoms with Crippen LogP contribution in [0.1, 0.15) is 38.5 Å². The maximum absolute atomic E-state index is 6.15. The fourth-order valence-corrected chi connectivity index (χ4v) is 7.28. The molecule has 2 atom stereocenters. The van der Waals surface area contributed by atoms with Crippen LogP contribution in [0.15, 0.2) is 0 Å². The van der Waals surface area contributed by atoms with Gasteiger partial charge in [0, 0.05) is 0 Å². The van der Waals surface area contributed by atoms with Crippen LogP contribution in [0.25, 0.3) is 0 Å². The highest BCUT2D eigenvalue weighted by molar-refractivity contribution is 6.80. The van der Waals surface area contributed by atoms with Gasteiger partial charge in [0.05, 0.1) is 19.8 Å². The van der Waals surface area contributed by atoms with Gasteiger partial charge in [-0.3, -0.25) is 0 Å².